The van der Waals surface area contributed by atoms with Crippen molar-refractivity contribution < 1.29 is 33.3 Å². The summed E-state index contributed by atoms with van der Waals surface area (Å²) in [5.74, 6) is 1.26. The van der Waals surface area contributed by atoms with Crippen molar-refractivity contribution in [1.82, 2.24) is 4.90 Å². The molecule has 2 aliphatic heterocycles. The van der Waals surface area contributed by atoms with Gasteiger partial charge in [-0.1, -0.05) is 30.3 Å². The van der Waals surface area contributed by atoms with E-state index in [1.54, 1.807) is 11.0 Å². The summed E-state index contributed by atoms with van der Waals surface area (Å²) >= 11 is 0. The average Bonchev–Trinajstić information content (AvgIpc) is 3.31. The maximum Gasteiger partial charge on any atom is 0.410 e. The largest absolute Gasteiger partial charge is 0.494 e. The lowest BCUT2D eigenvalue weighted by atomic mass is 10.0. The van der Waals surface area contributed by atoms with Crippen LogP contribution in [0.1, 0.15) is 62.0 Å². The van der Waals surface area contributed by atoms with Crippen molar-refractivity contribution in [2.75, 3.05) is 19.7 Å². The molecule has 1 unspecified atom stereocenters. The second-order valence-corrected chi connectivity index (χ2v) is 10.9. The minimum Gasteiger partial charge on any atom is -0.494 e. The van der Waals surface area contributed by atoms with Crippen LogP contribution in [-0.4, -0.2) is 42.4 Å². The number of carbonyl (C=O) groups excluding carboxylic acids is 2. The van der Waals surface area contributed by atoms with Crippen molar-refractivity contribution in [1.29, 1.82) is 0 Å². The second-order valence-electron chi connectivity index (χ2n) is 10.9. The third-order valence-corrected chi connectivity index (χ3v) is 7.16. The number of ether oxygens (including phenoxy) is 5. The van der Waals surface area contributed by atoms with Gasteiger partial charge in [-0.05, 0) is 78.8 Å². The van der Waals surface area contributed by atoms with Gasteiger partial charge in [-0.3, -0.25) is 4.79 Å². The van der Waals surface area contributed by atoms with Gasteiger partial charge in [0, 0.05) is 32.9 Å². The van der Waals surface area contributed by atoms with Crippen LogP contribution in [0, 0.1) is 0 Å². The van der Waals surface area contributed by atoms with Crippen LogP contribution in [0.25, 0.3) is 0 Å². The SMILES string of the molecule is CC(=O)Oc1cccc(CCCCOc2ccc(CCN3CC(c4ccc5c(c4)COC(C)(C)O5)OC3=O)cc2)c1. The van der Waals surface area contributed by atoms with Gasteiger partial charge in [-0.2, -0.15) is 0 Å². The summed E-state index contributed by atoms with van der Waals surface area (Å²) < 4.78 is 28.4. The third-order valence-electron chi connectivity index (χ3n) is 7.16. The Labute approximate surface area is 241 Å². The minimum atomic E-state index is -0.641. The van der Waals surface area contributed by atoms with E-state index in [1.807, 2.05) is 74.5 Å². The molecule has 0 N–H and O–H groups in total. The molecule has 8 heteroatoms. The van der Waals surface area contributed by atoms with E-state index in [2.05, 4.69) is 0 Å². The van der Waals surface area contributed by atoms with Crippen LogP contribution in [0.5, 0.6) is 17.2 Å². The zero-order chi connectivity index (χ0) is 28.8. The van der Waals surface area contributed by atoms with E-state index in [-0.39, 0.29) is 18.2 Å². The van der Waals surface area contributed by atoms with Crippen molar-refractivity contribution in [2.24, 2.45) is 0 Å². The Morgan fingerprint density at radius 3 is 2.61 bits per heavy atom. The van der Waals surface area contributed by atoms with Crippen molar-refractivity contribution in [2.45, 2.75) is 65.0 Å². The summed E-state index contributed by atoms with van der Waals surface area (Å²) in [4.78, 5) is 25.4. The molecule has 1 saturated heterocycles. The Morgan fingerprint density at radius 2 is 1.80 bits per heavy atom. The summed E-state index contributed by atoms with van der Waals surface area (Å²) in [6.07, 6.45) is 2.91. The van der Waals surface area contributed by atoms with E-state index in [0.717, 1.165) is 59.4 Å². The summed E-state index contributed by atoms with van der Waals surface area (Å²) in [6, 6.07) is 21.6. The van der Waals surface area contributed by atoms with Crippen molar-refractivity contribution in [3.05, 3.63) is 89.0 Å². The quantitative estimate of drug-likeness (QED) is 0.153. The number of rotatable bonds is 11. The van der Waals surface area contributed by atoms with E-state index in [1.165, 1.54) is 6.92 Å². The first kappa shape index (κ1) is 28.5. The maximum atomic E-state index is 12.5. The highest BCUT2D eigenvalue weighted by molar-refractivity contribution is 5.70. The van der Waals surface area contributed by atoms with Crippen LogP contribution in [0.2, 0.25) is 0 Å². The normalized spacial score (nSPS) is 17.4. The fourth-order valence-corrected chi connectivity index (χ4v) is 4.99. The molecule has 1 atom stereocenters. The third kappa shape index (κ3) is 7.79. The number of unbranched alkanes of at least 4 members (excludes halogenated alkanes) is 1. The Kier molecular flexibility index (Phi) is 8.78. The number of cyclic esters (lactones) is 1. The number of hydrogen-bond donors (Lipinski definition) is 0. The molecule has 216 valence electrons. The van der Waals surface area contributed by atoms with E-state index in [4.69, 9.17) is 23.7 Å². The highest BCUT2D eigenvalue weighted by Crippen LogP contribution is 2.35. The number of fused-ring (bicyclic) bond motifs is 1. The lowest BCUT2D eigenvalue weighted by Gasteiger charge is -2.32. The van der Waals surface area contributed by atoms with E-state index < -0.39 is 5.79 Å². The highest BCUT2D eigenvalue weighted by atomic mass is 16.7. The molecule has 8 nitrogen and oxygen atoms in total. The number of esters is 1. The van der Waals surface area contributed by atoms with Crippen LogP contribution in [0.15, 0.2) is 66.7 Å². The molecule has 3 aromatic carbocycles. The summed E-state index contributed by atoms with van der Waals surface area (Å²) in [7, 11) is 0. The molecule has 0 saturated carbocycles. The van der Waals surface area contributed by atoms with Crippen LogP contribution >= 0.6 is 0 Å². The predicted molar refractivity (Wildman–Crippen MR) is 153 cm³/mol. The summed E-state index contributed by atoms with van der Waals surface area (Å²) in [6.45, 7) is 7.37. The summed E-state index contributed by atoms with van der Waals surface area (Å²) in [5, 5.41) is 0. The topological polar surface area (TPSA) is 83.5 Å². The van der Waals surface area contributed by atoms with Gasteiger partial charge in [0.15, 0.2) is 0 Å². The average molecular weight is 560 g/mol. The van der Waals surface area contributed by atoms with Crippen molar-refractivity contribution >= 4 is 12.1 Å². The number of amides is 1. The molecular formula is C33H37NO7. The molecule has 0 radical (unpaired) electrons. The van der Waals surface area contributed by atoms with Gasteiger partial charge >= 0.3 is 12.1 Å². The molecule has 3 aromatic rings. The maximum absolute atomic E-state index is 12.5. The standard InChI is InChI=1S/C33H37NO7/c1-23(35)39-29-9-6-8-25(19-29)7-4-5-18-37-28-13-10-24(11-14-28)16-17-34-21-31(40-32(34)36)26-12-15-30-27(20-26)22-38-33(2,3)41-30/h6,8-15,19-20,31H,4-5,7,16-18,21-22H2,1-3H3. The molecule has 0 bridgehead atoms. The number of benzene rings is 3. The Bertz CT molecular complexity index is 1370. The van der Waals surface area contributed by atoms with Gasteiger partial charge in [0.05, 0.1) is 19.8 Å². The van der Waals surface area contributed by atoms with Crippen LogP contribution < -0.4 is 14.2 Å². The van der Waals surface area contributed by atoms with E-state index in [9.17, 15) is 9.59 Å². The van der Waals surface area contributed by atoms with Gasteiger partial charge in [-0.25, -0.2) is 4.79 Å². The monoisotopic (exact) mass is 559 g/mol. The zero-order valence-electron chi connectivity index (χ0n) is 23.9. The number of carbonyl (C=O) groups is 2. The molecule has 1 amide bonds. The number of nitrogens with zero attached hydrogens (tertiary/aromatic N) is 1. The molecule has 0 aliphatic carbocycles. The molecule has 5 rings (SSSR count). The molecule has 41 heavy (non-hydrogen) atoms. The zero-order valence-corrected chi connectivity index (χ0v) is 23.9. The summed E-state index contributed by atoms with van der Waals surface area (Å²) in [5.41, 5.74) is 4.18. The predicted octanol–water partition coefficient (Wildman–Crippen LogP) is 6.39. The Balaban J connectivity index is 1.03. The number of hydrogen-bond acceptors (Lipinski definition) is 7. The van der Waals surface area contributed by atoms with Gasteiger partial charge < -0.3 is 28.6 Å². The number of aryl methyl sites for hydroxylation is 1. The van der Waals surface area contributed by atoms with Crippen molar-refractivity contribution in [3.63, 3.8) is 0 Å². The first-order chi connectivity index (χ1) is 19.7. The van der Waals surface area contributed by atoms with Gasteiger partial charge in [0.2, 0.25) is 5.79 Å². The van der Waals surface area contributed by atoms with Crippen LogP contribution in [-0.2, 0) is 33.7 Å². The molecular weight excluding hydrogens is 522 g/mol. The Hall–Kier alpha value is -4.04. The van der Waals surface area contributed by atoms with Gasteiger partial charge in [-0.15, -0.1) is 0 Å². The smallest absolute Gasteiger partial charge is 0.410 e. The Morgan fingerprint density at radius 1 is 0.976 bits per heavy atom. The fraction of sp³-hybridized carbons (Fsp3) is 0.394. The van der Waals surface area contributed by atoms with Crippen LogP contribution in [0.3, 0.4) is 0 Å². The lowest BCUT2D eigenvalue weighted by Crippen LogP contribution is -2.35. The van der Waals surface area contributed by atoms with Gasteiger partial charge in [0.25, 0.3) is 0 Å². The van der Waals surface area contributed by atoms with Crippen LogP contribution in [0.4, 0.5) is 4.79 Å². The minimum absolute atomic E-state index is 0.292. The first-order valence-corrected chi connectivity index (χ1v) is 14.1. The van der Waals surface area contributed by atoms with Gasteiger partial charge in [0.1, 0.15) is 23.4 Å². The fourth-order valence-electron chi connectivity index (χ4n) is 4.99. The molecule has 1 fully saturated rings. The van der Waals surface area contributed by atoms with E-state index >= 15 is 0 Å². The van der Waals surface area contributed by atoms with E-state index in [0.29, 0.717) is 32.1 Å². The molecule has 0 aromatic heterocycles. The molecule has 2 aliphatic rings. The second kappa shape index (κ2) is 12.6. The molecule has 2 heterocycles. The lowest BCUT2D eigenvalue weighted by molar-refractivity contribution is -0.180. The first-order valence-electron chi connectivity index (χ1n) is 14.1. The molecule has 0 spiro atoms. The van der Waals surface area contributed by atoms with Crippen molar-refractivity contribution in [3.8, 4) is 17.2 Å². The highest BCUT2D eigenvalue weighted by Gasteiger charge is 2.33.